The Labute approximate surface area is 116 Å². The van der Waals surface area contributed by atoms with Gasteiger partial charge in [0.15, 0.2) is 11.6 Å². The van der Waals surface area contributed by atoms with Crippen LogP contribution in [0.15, 0.2) is 30.5 Å². The number of hydrogen-bond donors (Lipinski definition) is 3. The lowest BCUT2D eigenvalue weighted by atomic mass is 10.1. The van der Waals surface area contributed by atoms with Crippen molar-refractivity contribution in [2.45, 2.75) is 13.8 Å². The Bertz CT molecular complexity index is 658. The van der Waals surface area contributed by atoms with Crippen molar-refractivity contribution < 1.29 is 9.18 Å². The van der Waals surface area contributed by atoms with Crippen LogP contribution in [0.2, 0.25) is 0 Å². The fraction of sp³-hybridized carbons (Fsp3) is 0.143. The fourth-order valence-corrected chi connectivity index (χ4v) is 1.86. The molecular formula is C14H15FN4O. The molecule has 20 heavy (non-hydrogen) atoms. The van der Waals surface area contributed by atoms with Crippen molar-refractivity contribution in [1.29, 1.82) is 0 Å². The highest BCUT2D eigenvalue weighted by Gasteiger charge is 2.16. The predicted octanol–water partition coefficient (Wildman–Crippen LogP) is 2.38. The molecule has 1 heterocycles. The van der Waals surface area contributed by atoms with Crippen LogP contribution in [0.25, 0.3) is 0 Å². The average Bonchev–Trinajstić information content (AvgIpc) is 2.42. The molecule has 0 fully saturated rings. The van der Waals surface area contributed by atoms with Crippen molar-refractivity contribution in [2.75, 3.05) is 10.7 Å². The number of amides is 1. The molecular weight excluding hydrogens is 259 g/mol. The molecule has 2 aromatic rings. The summed E-state index contributed by atoms with van der Waals surface area (Å²) in [5, 5.41) is 2.67. The number of carbonyl (C=O) groups excluding carboxylic acids is 1. The summed E-state index contributed by atoms with van der Waals surface area (Å²) in [6.45, 7) is 3.83. The summed E-state index contributed by atoms with van der Waals surface area (Å²) in [4.78, 5) is 15.8. The van der Waals surface area contributed by atoms with Crippen LogP contribution in [-0.4, -0.2) is 10.9 Å². The largest absolute Gasteiger partial charge is 0.322 e. The summed E-state index contributed by atoms with van der Waals surface area (Å²) in [5.74, 6) is 3.63. The molecule has 1 amide bonds. The van der Waals surface area contributed by atoms with Crippen molar-refractivity contribution in [3.63, 3.8) is 0 Å². The van der Waals surface area contributed by atoms with Crippen molar-refractivity contribution in [3.8, 4) is 0 Å². The number of hydrogen-bond acceptors (Lipinski definition) is 4. The zero-order chi connectivity index (χ0) is 14.7. The highest BCUT2D eigenvalue weighted by Crippen LogP contribution is 2.19. The Morgan fingerprint density at radius 1 is 1.30 bits per heavy atom. The summed E-state index contributed by atoms with van der Waals surface area (Å²) in [7, 11) is 0. The van der Waals surface area contributed by atoms with Gasteiger partial charge in [0, 0.05) is 11.9 Å². The van der Waals surface area contributed by atoms with E-state index in [1.54, 1.807) is 6.07 Å². The van der Waals surface area contributed by atoms with Crippen LogP contribution in [0.5, 0.6) is 0 Å². The number of benzene rings is 1. The molecule has 0 unspecified atom stereocenters. The smallest absolute Gasteiger partial charge is 0.258 e. The van der Waals surface area contributed by atoms with Gasteiger partial charge in [0.25, 0.3) is 5.91 Å². The van der Waals surface area contributed by atoms with Crippen molar-refractivity contribution in [2.24, 2.45) is 5.84 Å². The second-order valence-corrected chi connectivity index (χ2v) is 4.44. The third kappa shape index (κ3) is 2.75. The second kappa shape index (κ2) is 5.66. The first-order valence-electron chi connectivity index (χ1n) is 6.02. The van der Waals surface area contributed by atoms with E-state index in [1.165, 1.54) is 12.3 Å². The van der Waals surface area contributed by atoms with Gasteiger partial charge in [-0.1, -0.05) is 17.7 Å². The highest BCUT2D eigenvalue weighted by atomic mass is 19.1. The van der Waals surface area contributed by atoms with Gasteiger partial charge in [-0.15, -0.1) is 0 Å². The number of nitrogens with two attached hydrogens (primary N) is 1. The number of aryl methyl sites for hydroxylation is 2. The van der Waals surface area contributed by atoms with E-state index >= 15 is 0 Å². The molecule has 0 aliphatic carbocycles. The number of halogens is 1. The molecule has 0 aliphatic heterocycles. The number of pyridine rings is 1. The van der Waals surface area contributed by atoms with Gasteiger partial charge in [-0.2, -0.15) is 0 Å². The SMILES string of the molecule is Cc1ccc(NC(=O)c2ccnc(NN)c2F)c(C)c1. The molecule has 1 aromatic heterocycles. The van der Waals surface area contributed by atoms with Gasteiger partial charge in [-0.3, -0.25) is 4.79 Å². The Kier molecular flexibility index (Phi) is 3.95. The zero-order valence-corrected chi connectivity index (χ0v) is 11.2. The first kappa shape index (κ1) is 14.0. The van der Waals surface area contributed by atoms with E-state index in [0.29, 0.717) is 5.69 Å². The lowest BCUT2D eigenvalue weighted by molar-refractivity contribution is 0.102. The van der Waals surface area contributed by atoms with Gasteiger partial charge >= 0.3 is 0 Å². The zero-order valence-electron chi connectivity index (χ0n) is 11.2. The second-order valence-electron chi connectivity index (χ2n) is 4.44. The molecule has 0 aliphatic rings. The maximum atomic E-state index is 13.9. The summed E-state index contributed by atoms with van der Waals surface area (Å²) >= 11 is 0. The molecule has 5 nitrogen and oxygen atoms in total. The van der Waals surface area contributed by atoms with Gasteiger partial charge in [-0.05, 0) is 31.5 Å². The molecule has 0 saturated carbocycles. The van der Waals surface area contributed by atoms with Gasteiger partial charge in [0.2, 0.25) is 0 Å². The number of nitrogen functional groups attached to an aromatic ring is 1. The van der Waals surface area contributed by atoms with Crippen LogP contribution in [0, 0.1) is 19.7 Å². The van der Waals surface area contributed by atoms with Crippen molar-refractivity contribution in [1.82, 2.24) is 4.98 Å². The normalized spacial score (nSPS) is 10.2. The van der Waals surface area contributed by atoms with Crippen LogP contribution in [0.3, 0.4) is 0 Å². The Hall–Kier alpha value is -2.47. The predicted molar refractivity (Wildman–Crippen MR) is 75.9 cm³/mol. The molecule has 4 N–H and O–H groups in total. The molecule has 2 rings (SSSR count). The number of carbonyl (C=O) groups is 1. The maximum absolute atomic E-state index is 13.9. The standard InChI is InChI=1S/C14H15FN4O/c1-8-3-4-11(9(2)7-8)18-14(20)10-5-6-17-13(19-16)12(10)15/h3-7H,16H2,1-2H3,(H,17,19)(H,18,20). The van der Waals surface area contributed by atoms with Crippen LogP contribution in [0.4, 0.5) is 15.9 Å². The third-order valence-corrected chi connectivity index (χ3v) is 2.90. The number of nitrogens with one attached hydrogen (secondary N) is 2. The minimum Gasteiger partial charge on any atom is -0.322 e. The highest BCUT2D eigenvalue weighted by molar-refractivity contribution is 6.05. The monoisotopic (exact) mass is 274 g/mol. The average molecular weight is 274 g/mol. The summed E-state index contributed by atoms with van der Waals surface area (Å²) < 4.78 is 13.9. The van der Waals surface area contributed by atoms with Crippen molar-refractivity contribution >= 4 is 17.4 Å². The summed E-state index contributed by atoms with van der Waals surface area (Å²) in [5.41, 5.74) is 4.62. The van der Waals surface area contributed by atoms with Gasteiger partial charge in [0.1, 0.15) is 0 Å². The van der Waals surface area contributed by atoms with E-state index in [2.05, 4.69) is 15.7 Å². The van der Waals surface area contributed by atoms with Crippen LogP contribution < -0.4 is 16.6 Å². The lowest BCUT2D eigenvalue weighted by Crippen LogP contribution is -2.18. The first-order chi connectivity index (χ1) is 9.52. The molecule has 0 bridgehead atoms. The number of aromatic nitrogens is 1. The minimum atomic E-state index is -0.780. The summed E-state index contributed by atoms with van der Waals surface area (Å²) in [6.07, 6.45) is 1.31. The third-order valence-electron chi connectivity index (χ3n) is 2.90. The maximum Gasteiger partial charge on any atom is 0.258 e. The lowest BCUT2D eigenvalue weighted by Gasteiger charge is -2.10. The van der Waals surface area contributed by atoms with E-state index in [-0.39, 0.29) is 11.4 Å². The quantitative estimate of drug-likeness (QED) is 0.593. The summed E-state index contributed by atoms with van der Waals surface area (Å²) in [6, 6.07) is 6.89. The van der Waals surface area contributed by atoms with Crippen molar-refractivity contribution in [3.05, 3.63) is 53.0 Å². The molecule has 0 atom stereocenters. The van der Waals surface area contributed by atoms with E-state index in [1.807, 2.05) is 26.0 Å². The molecule has 0 radical (unpaired) electrons. The molecule has 0 spiro atoms. The van der Waals surface area contributed by atoms with Crippen LogP contribution >= 0.6 is 0 Å². The first-order valence-corrected chi connectivity index (χ1v) is 6.02. The number of rotatable bonds is 3. The van der Waals surface area contributed by atoms with E-state index in [0.717, 1.165) is 11.1 Å². The topological polar surface area (TPSA) is 80.0 Å². The Balaban J connectivity index is 2.28. The number of nitrogens with zero attached hydrogens (tertiary/aromatic N) is 1. The van der Waals surface area contributed by atoms with E-state index in [4.69, 9.17) is 5.84 Å². The Morgan fingerprint density at radius 3 is 2.70 bits per heavy atom. The van der Waals surface area contributed by atoms with Crippen LogP contribution in [-0.2, 0) is 0 Å². The van der Waals surface area contributed by atoms with E-state index in [9.17, 15) is 9.18 Å². The number of hydrazine groups is 1. The van der Waals surface area contributed by atoms with Gasteiger partial charge < -0.3 is 10.7 Å². The number of anilines is 2. The fourth-order valence-electron chi connectivity index (χ4n) is 1.86. The van der Waals surface area contributed by atoms with Gasteiger partial charge in [0.05, 0.1) is 5.56 Å². The van der Waals surface area contributed by atoms with E-state index < -0.39 is 11.7 Å². The van der Waals surface area contributed by atoms with Crippen LogP contribution in [0.1, 0.15) is 21.5 Å². The minimum absolute atomic E-state index is 0.118. The molecule has 104 valence electrons. The molecule has 6 heteroatoms. The molecule has 0 saturated heterocycles. The molecule has 1 aromatic carbocycles. The van der Waals surface area contributed by atoms with Gasteiger partial charge in [-0.25, -0.2) is 15.2 Å². The Morgan fingerprint density at radius 2 is 2.05 bits per heavy atom.